The zero-order chi connectivity index (χ0) is 15.5. The topological polar surface area (TPSA) is 55.1 Å². The van der Waals surface area contributed by atoms with Crippen LogP contribution < -0.4 is 11.1 Å². The smallest absolute Gasteiger partial charge is 0.230 e. The van der Waals surface area contributed by atoms with Gasteiger partial charge in [0.05, 0.1) is 5.41 Å². The Morgan fingerprint density at radius 3 is 2.62 bits per heavy atom. The monoisotopic (exact) mass is 306 g/mol. The van der Waals surface area contributed by atoms with Crippen LogP contribution in [0.1, 0.15) is 45.6 Å². The number of anilines is 1. The molecule has 1 aliphatic carbocycles. The first-order valence-electron chi connectivity index (χ1n) is 7.72. The van der Waals surface area contributed by atoms with Crippen molar-refractivity contribution in [3.05, 3.63) is 29.8 Å². The summed E-state index contributed by atoms with van der Waals surface area (Å²) in [5.41, 5.74) is 6.93. The predicted octanol–water partition coefficient (Wildman–Crippen LogP) is 3.34. The van der Waals surface area contributed by atoms with Crippen molar-refractivity contribution in [2.45, 2.75) is 56.7 Å². The van der Waals surface area contributed by atoms with Crippen molar-refractivity contribution >= 4 is 23.4 Å². The molecule has 0 spiro atoms. The Hall–Kier alpha value is -1.16. The van der Waals surface area contributed by atoms with Gasteiger partial charge in [0, 0.05) is 17.0 Å². The minimum atomic E-state index is -0.524. The summed E-state index contributed by atoms with van der Waals surface area (Å²) >= 11 is 2.01. The van der Waals surface area contributed by atoms with Crippen LogP contribution in [-0.4, -0.2) is 23.0 Å². The molecule has 0 bridgehead atoms. The van der Waals surface area contributed by atoms with Gasteiger partial charge in [-0.2, -0.15) is 11.8 Å². The lowest BCUT2D eigenvalue weighted by Gasteiger charge is -2.26. The fourth-order valence-corrected chi connectivity index (χ4v) is 4.00. The summed E-state index contributed by atoms with van der Waals surface area (Å²) in [6.07, 6.45) is 3.41. The highest BCUT2D eigenvalue weighted by Gasteiger charge is 2.33. The van der Waals surface area contributed by atoms with Crippen molar-refractivity contribution in [1.82, 2.24) is 5.32 Å². The van der Waals surface area contributed by atoms with E-state index >= 15 is 0 Å². The summed E-state index contributed by atoms with van der Waals surface area (Å²) < 4.78 is 0. The van der Waals surface area contributed by atoms with Crippen molar-refractivity contribution in [1.29, 1.82) is 0 Å². The molecule has 0 heterocycles. The van der Waals surface area contributed by atoms with Crippen LogP contribution in [0, 0.1) is 0 Å². The Morgan fingerprint density at radius 1 is 1.33 bits per heavy atom. The third-order valence-corrected chi connectivity index (χ3v) is 5.56. The van der Waals surface area contributed by atoms with Crippen LogP contribution in [0.2, 0.25) is 0 Å². The number of carbonyl (C=O) groups excluding carboxylic acids is 1. The normalized spacial score (nSPS) is 22.2. The van der Waals surface area contributed by atoms with E-state index in [-0.39, 0.29) is 5.91 Å². The van der Waals surface area contributed by atoms with Crippen molar-refractivity contribution < 1.29 is 4.79 Å². The highest BCUT2D eigenvalue weighted by Crippen LogP contribution is 2.31. The number of thioether (sulfide) groups is 1. The lowest BCUT2D eigenvalue weighted by Crippen LogP contribution is -2.44. The lowest BCUT2D eigenvalue weighted by molar-refractivity contribution is -0.126. The summed E-state index contributed by atoms with van der Waals surface area (Å²) in [6, 6.07) is 7.93. The van der Waals surface area contributed by atoms with Crippen LogP contribution in [0.15, 0.2) is 24.3 Å². The predicted molar refractivity (Wildman–Crippen MR) is 91.6 cm³/mol. The molecule has 3 N–H and O–H groups in total. The minimum absolute atomic E-state index is 0.111. The number of nitrogens with one attached hydrogen (secondary N) is 1. The molecule has 116 valence electrons. The van der Waals surface area contributed by atoms with Crippen LogP contribution in [0.3, 0.4) is 0 Å². The van der Waals surface area contributed by atoms with E-state index in [0.717, 1.165) is 29.8 Å². The number of hydrogen-bond acceptors (Lipinski definition) is 3. The number of benzene rings is 1. The number of nitrogens with two attached hydrogens (primary N) is 1. The van der Waals surface area contributed by atoms with Crippen molar-refractivity contribution in [3.8, 4) is 0 Å². The zero-order valence-electron chi connectivity index (χ0n) is 13.2. The van der Waals surface area contributed by atoms with Gasteiger partial charge in [0.15, 0.2) is 0 Å². The summed E-state index contributed by atoms with van der Waals surface area (Å²) in [4.78, 5) is 12.6. The molecule has 21 heavy (non-hydrogen) atoms. The van der Waals surface area contributed by atoms with E-state index in [4.69, 9.17) is 5.73 Å². The maximum Gasteiger partial charge on any atom is 0.230 e. The largest absolute Gasteiger partial charge is 0.399 e. The van der Waals surface area contributed by atoms with Gasteiger partial charge in [-0.3, -0.25) is 4.79 Å². The Morgan fingerprint density at radius 2 is 2.00 bits per heavy atom. The van der Waals surface area contributed by atoms with Gasteiger partial charge in [-0.15, -0.1) is 0 Å². The zero-order valence-corrected chi connectivity index (χ0v) is 14.0. The summed E-state index contributed by atoms with van der Waals surface area (Å²) in [5, 5.41) is 3.95. The van der Waals surface area contributed by atoms with Gasteiger partial charge in [-0.1, -0.05) is 19.1 Å². The van der Waals surface area contributed by atoms with E-state index < -0.39 is 5.41 Å². The first-order valence-corrected chi connectivity index (χ1v) is 8.77. The molecule has 0 saturated heterocycles. The molecular formula is C17H26N2OS. The molecule has 2 atom stereocenters. The van der Waals surface area contributed by atoms with E-state index in [1.165, 1.54) is 6.42 Å². The molecule has 4 heteroatoms. The molecule has 1 fully saturated rings. The lowest BCUT2D eigenvalue weighted by atomic mass is 9.83. The summed E-state index contributed by atoms with van der Waals surface area (Å²) in [7, 11) is 0. The van der Waals surface area contributed by atoms with Gasteiger partial charge in [0.25, 0.3) is 0 Å². The van der Waals surface area contributed by atoms with Gasteiger partial charge in [0.2, 0.25) is 5.91 Å². The highest BCUT2D eigenvalue weighted by atomic mass is 32.2. The average molecular weight is 306 g/mol. The maximum atomic E-state index is 12.6. The van der Waals surface area contributed by atoms with Crippen LogP contribution in [0.5, 0.6) is 0 Å². The number of amides is 1. The minimum Gasteiger partial charge on any atom is -0.399 e. The van der Waals surface area contributed by atoms with E-state index in [9.17, 15) is 4.79 Å². The molecule has 1 saturated carbocycles. The molecule has 0 aromatic heterocycles. The second kappa shape index (κ2) is 6.73. The van der Waals surface area contributed by atoms with Gasteiger partial charge in [0.1, 0.15) is 0 Å². The van der Waals surface area contributed by atoms with Crippen LogP contribution in [0.4, 0.5) is 5.69 Å². The van der Waals surface area contributed by atoms with Gasteiger partial charge in [-0.05, 0) is 56.6 Å². The number of rotatable bonds is 5. The van der Waals surface area contributed by atoms with Gasteiger partial charge < -0.3 is 11.1 Å². The van der Waals surface area contributed by atoms with Crippen LogP contribution in [-0.2, 0) is 10.2 Å². The molecule has 2 rings (SSSR count). The third kappa shape index (κ3) is 3.94. The second-order valence-corrected chi connectivity index (χ2v) is 7.89. The fraction of sp³-hybridized carbons (Fsp3) is 0.588. The second-order valence-electron chi connectivity index (χ2n) is 6.31. The Bertz CT molecular complexity index is 484. The van der Waals surface area contributed by atoms with Crippen LogP contribution in [0.25, 0.3) is 0 Å². The fourth-order valence-electron chi connectivity index (χ4n) is 2.85. The first-order chi connectivity index (χ1) is 9.93. The van der Waals surface area contributed by atoms with Gasteiger partial charge in [-0.25, -0.2) is 0 Å². The van der Waals surface area contributed by atoms with E-state index in [1.807, 2.05) is 49.9 Å². The number of carbonyl (C=O) groups is 1. The molecule has 1 aromatic rings. The van der Waals surface area contributed by atoms with E-state index in [2.05, 4.69) is 12.2 Å². The summed E-state index contributed by atoms with van der Waals surface area (Å²) in [6.45, 7) is 6.14. The first kappa shape index (κ1) is 16.2. The number of hydrogen-bond donors (Lipinski definition) is 2. The quantitative estimate of drug-likeness (QED) is 0.820. The molecule has 0 aliphatic heterocycles. The third-order valence-electron chi connectivity index (χ3n) is 4.32. The molecule has 1 aliphatic rings. The molecular weight excluding hydrogens is 280 g/mol. The Balaban J connectivity index is 1.97. The molecule has 1 amide bonds. The maximum absolute atomic E-state index is 12.6. The number of nitrogen functional groups attached to an aromatic ring is 1. The highest BCUT2D eigenvalue weighted by molar-refractivity contribution is 7.99. The van der Waals surface area contributed by atoms with Crippen molar-refractivity contribution in [2.75, 3.05) is 11.5 Å². The molecule has 3 nitrogen and oxygen atoms in total. The Labute approximate surface area is 132 Å². The van der Waals surface area contributed by atoms with Gasteiger partial charge >= 0.3 is 0 Å². The molecule has 2 unspecified atom stereocenters. The Kier molecular flexibility index (Phi) is 5.20. The SMILES string of the molecule is CCSC1CCC(NC(=O)C(C)(C)c2ccc(N)cc2)C1. The molecule has 0 radical (unpaired) electrons. The van der Waals surface area contributed by atoms with Crippen molar-refractivity contribution in [2.24, 2.45) is 0 Å². The average Bonchev–Trinajstić information content (AvgIpc) is 2.87. The van der Waals surface area contributed by atoms with E-state index in [0.29, 0.717) is 11.3 Å². The standard InChI is InChI=1S/C17H26N2OS/c1-4-21-15-10-9-14(11-15)19-16(20)17(2,3)12-5-7-13(18)8-6-12/h5-8,14-15H,4,9-11,18H2,1-3H3,(H,19,20). The van der Waals surface area contributed by atoms with Crippen LogP contribution >= 0.6 is 11.8 Å². The van der Waals surface area contributed by atoms with Crippen molar-refractivity contribution in [3.63, 3.8) is 0 Å². The molecule has 1 aromatic carbocycles. The van der Waals surface area contributed by atoms with E-state index in [1.54, 1.807) is 0 Å². The summed E-state index contributed by atoms with van der Waals surface area (Å²) in [5.74, 6) is 1.27.